The Labute approximate surface area is 186 Å². The summed E-state index contributed by atoms with van der Waals surface area (Å²) in [5.41, 5.74) is 2.54. The van der Waals surface area contributed by atoms with Crippen molar-refractivity contribution in [3.63, 3.8) is 0 Å². The standard InChI is InChI=1S/C24H26FN5O2/c1-6-29(7-2)23-26-24(28-27-23)30-15(3)12-17-13-20(31-4)21(32-5)14-19(17)22(30)16-8-10-18(25)11-9-16/h8-14H,6-7H2,1-5H3. The first kappa shape index (κ1) is 21.5. The van der Waals surface area contributed by atoms with E-state index in [9.17, 15) is 4.39 Å². The number of aryl methyl sites for hydroxylation is 1. The molecule has 7 nitrogen and oxygen atoms in total. The van der Waals surface area contributed by atoms with Gasteiger partial charge in [-0.15, -0.1) is 10.2 Å². The van der Waals surface area contributed by atoms with E-state index in [4.69, 9.17) is 14.5 Å². The fraction of sp³-hybridized carbons (Fsp3) is 0.292. The van der Waals surface area contributed by atoms with Crippen LogP contribution in [0, 0.1) is 12.7 Å². The number of anilines is 1. The number of hydrogen-bond donors (Lipinski definition) is 0. The van der Waals surface area contributed by atoms with Crippen molar-refractivity contribution >= 4 is 16.7 Å². The van der Waals surface area contributed by atoms with Crippen molar-refractivity contribution in [2.24, 2.45) is 0 Å². The molecule has 0 N–H and O–H groups in total. The van der Waals surface area contributed by atoms with E-state index in [2.05, 4.69) is 24.0 Å². The number of nitrogens with zero attached hydrogens (tertiary/aromatic N) is 5. The topological polar surface area (TPSA) is 65.5 Å². The summed E-state index contributed by atoms with van der Waals surface area (Å²) in [5.74, 6) is 1.97. The summed E-state index contributed by atoms with van der Waals surface area (Å²) < 4.78 is 26.7. The molecule has 0 spiro atoms. The highest BCUT2D eigenvalue weighted by Gasteiger charge is 2.20. The zero-order chi connectivity index (χ0) is 22.8. The van der Waals surface area contributed by atoms with Gasteiger partial charge >= 0.3 is 0 Å². The highest BCUT2D eigenvalue weighted by molar-refractivity contribution is 5.95. The maximum absolute atomic E-state index is 13.7. The Morgan fingerprint density at radius 1 is 0.969 bits per heavy atom. The molecule has 0 unspecified atom stereocenters. The number of ether oxygens (including phenoxy) is 2. The lowest BCUT2D eigenvalue weighted by Crippen LogP contribution is -2.39. The Hall–Kier alpha value is -3.68. The SMILES string of the molecule is CCN(CC)c1nnc(-[n+]2c(C)cc3cc(OC)c(OC)cc3c2-c2ccc(F)cc2)[n-]1. The summed E-state index contributed by atoms with van der Waals surface area (Å²) in [6, 6.07) is 12.3. The number of hydrogen-bond acceptors (Lipinski definition) is 5. The second-order valence-electron chi connectivity index (χ2n) is 7.36. The second kappa shape index (κ2) is 8.82. The maximum Gasteiger partial charge on any atom is 0.257 e. The normalized spacial score (nSPS) is 11.1. The predicted molar refractivity (Wildman–Crippen MR) is 121 cm³/mol. The van der Waals surface area contributed by atoms with Gasteiger partial charge in [0.15, 0.2) is 11.5 Å². The van der Waals surface area contributed by atoms with Gasteiger partial charge in [0.2, 0.25) is 5.95 Å². The van der Waals surface area contributed by atoms with Gasteiger partial charge in [0, 0.05) is 24.2 Å². The third kappa shape index (κ3) is 3.72. The van der Waals surface area contributed by atoms with Crippen LogP contribution in [0.4, 0.5) is 10.3 Å². The molecule has 4 rings (SSSR count). The molecule has 32 heavy (non-hydrogen) atoms. The summed E-state index contributed by atoms with van der Waals surface area (Å²) in [4.78, 5) is 6.75. The van der Waals surface area contributed by atoms with Crippen LogP contribution >= 0.6 is 0 Å². The van der Waals surface area contributed by atoms with Crippen molar-refractivity contribution in [3.8, 4) is 28.7 Å². The largest absolute Gasteiger partial charge is 0.493 e. The molecule has 0 aliphatic carbocycles. The van der Waals surface area contributed by atoms with E-state index >= 15 is 0 Å². The van der Waals surface area contributed by atoms with Gasteiger partial charge < -0.3 is 14.4 Å². The average Bonchev–Trinajstić information content (AvgIpc) is 3.28. The summed E-state index contributed by atoms with van der Waals surface area (Å²) in [6.07, 6.45) is 0. The summed E-state index contributed by atoms with van der Waals surface area (Å²) >= 11 is 0. The monoisotopic (exact) mass is 435 g/mol. The van der Waals surface area contributed by atoms with Crippen LogP contribution in [0.25, 0.3) is 28.0 Å². The minimum Gasteiger partial charge on any atom is -0.493 e. The van der Waals surface area contributed by atoms with Gasteiger partial charge in [-0.25, -0.2) is 4.39 Å². The molecule has 0 atom stereocenters. The van der Waals surface area contributed by atoms with Gasteiger partial charge in [-0.1, -0.05) is 0 Å². The molecule has 2 aromatic heterocycles. The van der Waals surface area contributed by atoms with E-state index < -0.39 is 0 Å². The van der Waals surface area contributed by atoms with Gasteiger partial charge in [-0.2, -0.15) is 4.98 Å². The molecule has 8 heteroatoms. The highest BCUT2D eigenvalue weighted by Crippen LogP contribution is 2.36. The van der Waals surface area contributed by atoms with Crippen LogP contribution in [0.1, 0.15) is 19.5 Å². The van der Waals surface area contributed by atoms with E-state index in [1.165, 1.54) is 12.1 Å². The van der Waals surface area contributed by atoms with E-state index in [1.807, 2.05) is 34.6 Å². The summed E-state index contributed by atoms with van der Waals surface area (Å²) in [5, 5.41) is 10.5. The molecule has 2 aromatic carbocycles. The van der Waals surface area contributed by atoms with E-state index in [-0.39, 0.29) is 5.82 Å². The molecular weight excluding hydrogens is 409 g/mol. The van der Waals surface area contributed by atoms with Gasteiger partial charge in [0.05, 0.1) is 19.9 Å². The van der Waals surface area contributed by atoms with Crippen LogP contribution in [0.2, 0.25) is 0 Å². The number of fused-ring (bicyclic) bond motifs is 1. The number of halogens is 1. The number of methoxy groups -OCH3 is 2. The fourth-order valence-corrected chi connectivity index (χ4v) is 3.91. The molecule has 0 saturated carbocycles. The Bertz CT molecular complexity index is 1250. The van der Waals surface area contributed by atoms with Gasteiger partial charge in [-0.05, 0) is 74.2 Å². The smallest absolute Gasteiger partial charge is 0.257 e. The Kier molecular flexibility index (Phi) is 5.94. The Morgan fingerprint density at radius 2 is 1.62 bits per heavy atom. The fourth-order valence-electron chi connectivity index (χ4n) is 3.91. The molecule has 0 radical (unpaired) electrons. The third-order valence-corrected chi connectivity index (χ3v) is 5.54. The zero-order valence-electron chi connectivity index (χ0n) is 18.9. The molecule has 0 fully saturated rings. The molecule has 0 bridgehead atoms. The van der Waals surface area contributed by atoms with E-state index in [0.717, 1.165) is 40.8 Å². The Morgan fingerprint density at radius 3 is 2.25 bits per heavy atom. The molecular formula is C24H26FN5O2. The molecule has 0 aliphatic rings. The molecule has 166 valence electrons. The van der Waals surface area contributed by atoms with Gasteiger partial charge in [-0.3, -0.25) is 4.57 Å². The minimum absolute atomic E-state index is 0.299. The average molecular weight is 436 g/mol. The van der Waals surface area contributed by atoms with Crippen molar-refractivity contribution in [1.82, 2.24) is 15.2 Å². The first-order valence-electron chi connectivity index (χ1n) is 10.5. The number of rotatable bonds is 7. The molecule has 0 amide bonds. The third-order valence-electron chi connectivity index (χ3n) is 5.54. The lowest BCUT2D eigenvalue weighted by atomic mass is 10.0. The van der Waals surface area contributed by atoms with Crippen LogP contribution < -0.4 is 23.9 Å². The number of benzene rings is 2. The quantitative estimate of drug-likeness (QED) is 0.411. The van der Waals surface area contributed by atoms with Crippen LogP contribution in [0.3, 0.4) is 0 Å². The molecule has 0 aliphatic heterocycles. The van der Waals surface area contributed by atoms with Crippen LogP contribution in [0.5, 0.6) is 11.5 Å². The Balaban J connectivity index is 2.05. The maximum atomic E-state index is 13.7. The second-order valence-corrected chi connectivity index (χ2v) is 7.36. The van der Waals surface area contributed by atoms with Crippen molar-refractivity contribution in [2.45, 2.75) is 20.8 Å². The van der Waals surface area contributed by atoms with Crippen molar-refractivity contribution in [3.05, 3.63) is 54.0 Å². The van der Waals surface area contributed by atoms with E-state index in [0.29, 0.717) is 23.4 Å². The van der Waals surface area contributed by atoms with E-state index in [1.54, 1.807) is 26.4 Å². The highest BCUT2D eigenvalue weighted by atomic mass is 19.1. The van der Waals surface area contributed by atoms with Crippen LogP contribution in [-0.4, -0.2) is 37.5 Å². The molecule has 2 heterocycles. The lowest BCUT2D eigenvalue weighted by molar-refractivity contribution is -0.597. The summed E-state index contributed by atoms with van der Waals surface area (Å²) in [6.45, 7) is 7.65. The first-order chi connectivity index (χ1) is 15.5. The van der Waals surface area contributed by atoms with Gasteiger partial charge in [0.25, 0.3) is 5.95 Å². The van der Waals surface area contributed by atoms with Crippen molar-refractivity contribution < 1.29 is 18.4 Å². The predicted octanol–water partition coefficient (Wildman–Crippen LogP) is 3.84. The minimum atomic E-state index is -0.299. The summed E-state index contributed by atoms with van der Waals surface area (Å²) in [7, 11) is 3.21. The van der Waals surface area contributed by atoms with Crippen molar-refractivity contribution in [1.29, 1.82) is 0 Å². The van der Waals surface area contributed by atoms with Crippen LogP contribution in [-0.2, 0) is 0 Å². The van der Waals surface area contributed by atoms with Gasteiger partial charge in [0.1, 0.15) is 5.82 Å². The molecule has 4 aromatic rings. The molecule has 0 saturated heterocycles. The van der Waals surface area contributed by atoms with Crippen LogP contribution in [0.15, 0.2) is 42.5 Å². The number of pyridine rings is 1. The van der Waals surface area contributed by atoms with Crippen molar-refractivity contribution in [2.75, 3.05) is 32.2 Å². The number of aromatic nitrogens is 4. The zero-order valence-corrected chi connectivity index (χ0v) is 18.9. The first-order valence-corrected chi connectivity index (χ1v) is 10.5. The lowest BCUT2D eigenvalue weighted by Gasteiger charge is -2.19.